The van der Waals surface area contributed by atoms with Crippen molar-refractivity contribution in [2.45, 2.75) is 5.88 Å². The molecule has 2 rings (SSSR count). The van der Waals surface area contributed by atoms with Gasteiger partial charge in [0.05, 0.1) is 0 Å². The first-order valence-electron chi connectivity index (χ1n) is 4.76. The molecule has 0 radical (unpaired) electrons. The molecular formula is C13H14ClFeNO2. The molecule has 0 aliphatic heterocycles. The smallest absolute Gasteiger partial charge is 0.178 e. The summed E-state index contributed by atoms with van der Waals surface area (Å²) in [6, 6.07) is 9.96. The van der Waals surface area contributed by atoms with Crippen LogP contribution < -0.4 is 6.15 Å². The van der Waals surface area contributed by atoms with Gasteiger partial charge in [0.15, 0.2) is 11.6 Å². The van der Waals surface area contributed by atoms with Crippen molar-refractivity contribution in [3.05, 3.63) is 60.2 Å². The maximum Gasteiger partial charge on any atom is 0.178 e. The molecule has 0 fully saturated rings. The van der Waals surface area contributed by atoms with E-state index in [0.29, 0.717) is 5.88 Å². The fourth-order valence-electron chi connectivity index (χ4n) is 1.01. The number of hydrogen-bond acceptors (Lipinski definition) is 3. The van der Waals surface area contributed by atoms with Crippen LogP contribution in [-0.2, 0) is 32.5 Å². The van der Waals surface area contributed by atoms with Gasteiger partial charge in [-0.2, -0.15) is 0 Å². The summed E-state index contributed by atoms with van der Waals surface area (Å²) < 4.78 is 0. The van der Waals surface area contributed by atoms with E-state index in [0.717, 1.165) is 0 Å². The van der Waals surface area contributed by atoms with Gasteiger partial charge < -0.3 is 6.15 Å². The molecule has 5 heteroatoms. The number of allylic oxidation sites excluding steroid dienone is 4. The zero-order valence-corrected chi connectivity index (χ0v) is 11.5. The van der Waals surface area contributed by atoms with E-state index in [1.54, 1.807) is 0 Å². The molecule has 1 aliphatic rings. The van der Waals surface area contributed by atoms with E-state index < -0.39 is 0 Å². The Bertz CT molecular complexity index is 392. The van der Waals surface area contributed by atoms with E-state index in [4.69, 9.17) is 11.6 Å². The van der Waals surface area contributed by atoms with Gasteiger partial charge in [-0.1, -0.05) is 30.3 Å². The Kier molecular flexibility index (Phi) is 11.6. The van der Waals surface area contributed by atoms with Crippen molar-refractivity contribution in [1.29, 1.82) is 0 Å². The third-order valence-corrected chi connectivity index (χ3v) is 2.13. The van der Waals surface area contributed by atoms with Crippen molar-refractivity contribution in [2.75, 3.05) is 0 Å². The van der Waals surface area contributed by atoms with Gasteiger partial charge in [0.2, 0.25) is 0 Å². The molecule has 0 saturated carbocycles. The molecule has 0 saturated heterocycles. The molecule has 0 heterocycles. The molecule has 1 aromatic carbocycles. The fourth-order valence-corrected chi connectivity index (χ4v) is 1.18. The van der Waals surface area contributed by atoms with Crippen LogP contribution in [0, 0.1) is 0 Å². The Morgan fingerprint density at radius 1 is 0.833 bits per heavy atom. The van der Waals surface area contributed by atoms with Crippen molar-refractivity contribution in [1.82, 2.24) is 6.15 Å². The number of ketones is 2. The minimum atomic E-state index is -0.121. The molecule has 1 aromatic rings. The molecule has 0 aromatic heterocycles. The summed E-state index contributed by atoms with van der Waals surface area (Å²) in [5.74, 6) is 0.370. The zero-order chi connectivity index (χ0) is 11.8. The Balaban J connectivity index is 0. The van der Waals surface area contributed by atoms with E-state index in [1.165, 1.54) is 29.9 Å². The summed E-state index contributed by atoms with van der Waals surface area (Å²) in [4.78, 5) is 20.6. The van der Waals surface area contributed by atoms with Gasteiger partial charge in [-0.3, -0.25) is 9.59 Å². The maximum atomic E-state index is 10.3. The molecule has 18 heavy (non-hydrogen) atoms. The second-order valence-corrected chi connectivity index (χ2v) is 3.36. The second-order valence-electron chi connectivity index (χ2n) is 3.09. The zero-order valence-electron chi connectivity index (χ0n) is 9.66. The predicted molar refractivity (Wildman–Crippen MR) is 69.3 cm³/mol. The van der Waals surface area contributed by atoms with E-state index in [-0.39, 0.29) is 34.8 Å². The monoisotopic (exact) mass is 307 g/mol. The number of rotatable bonds is 1. The average molecular weight is 308 g/mol. The third-order valence-electron chi connectivity index (χ3n) is 1.82. The van der Waals surface area contributed by atoms with Gasteiger partial charge in [0, 0.05) is 22.9 Å². The van der Waals surface area contributed by atoms with Crippen LogP contribution in [-0.4, -0.2) is 11.6 Å². The van der Waals surface area contributed by atoms with Crippen LogP contribution in [0.15, 0.2) is 54.6 Å². The van der Waals surface area contributed by atoms with Gasteiger partial charge in [-0.05, 0) is 29.9 Å². The van der Waals surface area contributed by atoms with Crippen molar-refractivity contribution in [2.24, 2.45) is 0 Å². The Labute approximate surface area is 122 Å². The van der Waals surface area contributed by atoms with Gasteiger partial charge in [0.1, 0.15) is 0 Å². The summed E-state index contributed by atoms with van der Waals surface area (Å²) in [7, 11) is 0. The summed E-state index contributed by atoms with van der Waals surface area (Å²) in [6.45, 7) is 0. The molecule has 3 nitrogen and oxygen atoms in total. The van der Waals surface area contributed by atoms with Crippen LogP contribution in [0.25, 0.3) is 0 Å². The van der Waals surface area contributed by atoms with Crippen LogP contribution in [0.2, 0.25) is 0 Å². The summed E-state index contributed by atoms with van der Waals surface area (Å²) in [5, 5.41) is 0. The van der Waals surface area contributed by atoms with Crippen molar-refractivity contribution in [3.8, 4) is 0 Å². The molecule has 0 amide bonds. The maximum absolute atomic E-state index is 10.3. The molecular weight excluding hydrogens is 293 g/mol. The van der Waals surface area contributed by atoms with E-state index >= 15 is 0 Å². The fraction of sp³-hybridized carbons (Fsp3) is 0.0769. The Hall–Kier alpha value is -1.19. The largest absolute Gasteiger partial charge is 0.344 e. The van der Waals surface area contributed by atoms with Crippen molar-refractivity contribution >= 4 is 23.2 Å². The van der Waals surface area contributed by atoms with E-state index in [9.17, 15) is 9.59 Å². The normalized spacial score (nSPS) is 11.8. The number of carbonyl (C=O) groups is 2. The third kappa shape index (κ3) is 7.98. The molecule has 0 atom stereocenters. The van der Waals surface area contributed by atoms with Crippen LogP contribution in [0.1, 0.15) is 5.56 Å². The standard InChI is InChI=1S/C7H7Cl.C6H4O2.Fe.H3N/c8-6-7-4-2-1-3-5-7;7-5-1-2-6(8)4-3-5;;/h1-5H,6H2;1-4H;;1H3. The first kappa shape index (κ1) is 19.2. The van der Waals surface area contributed by atoms with Crippen molar-refractivity contribution < 1.29 is 26.7 Å². The number of carbonyl (C=O) groups excluding carboxylic acids is 2. The molecule has 98 valence electrons. The first-order chi connectivity index (χ1) is 7.72. The van der Waals surface area contributed by atoms with Gasteiger partial charge in [-0.15, -0.1) is 11.6 Å². The Morgan fingerprint density at radius 2 is 1.22 bits per heavy atom. The molecule has 0 bridgehead atoms. The molecule has 3 N–H and O–H groups in total. The number of hydrogen-bond donors (Lipinski definition) is 1. The summed E-state index contributed by atoms with van der Waals surface area (Å²) >= 11 is 5.53. The van der Waals surface area contributed by atoms with E-state index in [1.807, 2.05) is 30.3 Å². The SMILES string of the molecule is ClCc1ccccc1.N.O=C1C=CC(=O)C=C1.[Fe]. The van der Waals surface area contributed by atoms with Crippen LogP contribution in [0.3, 0.4) is 0 Å². The van der Waals surface area contributed by atoms with E-state index in [2.05, 4.69) is 0 Å². The van der Waals surface area contributed by atoms with Crippen molar-refractivity contribution in [3.63, 3.8) is 0 Å². The van der Waals surface area contributed by atoms with Gasteiger partial charge >= 0.3 is 0 Å². The summed E-state index contributed by atoms with van der Waals surface area (Å²) in [6.07, 6.45) is 5.01. The number of halogens is 1. The Morgan fingerprint density at radius 3 is 1.50 bits per heavy atom. The number of benzene rings is 1. The minimum absolute atomic E-state index is 0. The minimum Gasteiger partial charge on any atom is -0.344 e. The first-order valence-corrected chi connectivity index (χ1v) is 5.30. The second kappa shape index (κ2) is 10.9. The van der Waals surface area contributed by atoms with Gasteiger partial charge in [-0.25, -0.2) is 0 Å². The average Bonchev–Trinajstić information content (AvgIpc) is 2.35. The number of alkyl halides is 1. The topological polar surface area (TPSA) is 69.1 Å². The predicted octanol–water partition coefficient (Wildman–Crippen LogP) is 2.84. The van der Waals surface area contributed by atoms with Crippen LogP contribution in [0.4, 0.5) is 0 Å². The quantitative estimate of drug-likeness (QED) is 0.493. The van der Waals surface area contributed by atoms with Gasteiger partial charge in [0.25, 0.3) is 0 Å². The molecule has 0 spiro atoms. The molecule has 0 unspecified atom stereocenters. The van der Waals surface area contributed by atoms with Crippen LogP contribution in [0.5, 0.6) is 0 Å². The van der Waals surface area contributed by atoms with Crippen LogP contribution >= 0.6 is 11.6 Å². The molecule has 1 aliphatic carbocycles. The summed E-state index contributed by atoms with van der Waals surface area (Å²) in [5.41, 5.74) is 1.18.